The van der Waals surface area contributed by atoms with Crippen molar-refractivity contribution in [3.63, 3.8) is 0 Å². The lowest BCUT2D eigenvalue weighted by molar-refractivity contribution is 0.0691. The normalized spacial score (nSPS) is 11.6. The molecule has 0 saturated carbocycles. The minimum Gasteiger partial charge on any atom is -0.493 e. The van der Waals surface area contributed by atoms with Crippen LogP contribution in [0.1, 0.15) is 66.5 Å². The van der Waals surface area contributed by atoms with Gasteiger partial charge in [-0.1, -0.05) is 50.6 Å². The second-order valence-corrected chi connectivity index (χ2v) is 8.52. The van der Waals surface area contributed by atoms with Crippen molar-refractivity contribution in [2.45, 2.75) is 40.0 Å². The number of carbonyl (C=O) groups is 2. The van der Waals surface area contributed by atoms with Crippen LogP contribution >= 0.6 is 0 Å². The number of allylic oxidation sites excluding steroid dienone is 2. The van der Waals surface area contributed by atoms with Gasteiger partial charge in [0, 0.05) is 5.56 Å². The van der Waals surface area contributed by atoms with E-state index in [1.165, 1.54) is 24.8 Å². The number of carboxylic acids is 1. The van der Waals surface area contributed by atoms with Crippen molar-refractivity contribution in [2.24, 2.45) is 0 Å². The average Bonchev–Trinajstić information content (AvgIpc) is 2.70. The fraction of sp³-hybridized carbons (Fsp3) is 0.308. The first kappa shape index (κ1) is 23.9. The maximum atomic E-state index is 13.0. The van der Waals surface area contributed by atoms with E-state index in [0.29, 0.717) is 12.4 Å². The highest BCUT2D eigenvalue weighted by Crippen LogP contribution is 2.25. The molecule has 2 aromatic rings. The van der Waals surface area contributed by atoms with Gasteiger partial charge < -0.3 is 14.6 Å². The lowest BCUT2D eigenvalue weighted by Crippen LogP contribution is -2.12. The summed E-state index contributed by atoms with van der Waals surface area (Å²) in [6.45, 7) is 10.6. The number of benzene rings is 2. The van der Waals surface area contributed by atoms with Gasteiger partial charge in [-0.3, -0.25) is 4.79 Å². The first-order valence-corrected chi connectivity index (χ1v) is 10.1. The first-order valence-electron chi connectivity index (χ1n) is 10.1. The Bertz CT molecular complexity index is 1000. The maximum Gasteiger partial charge on any atom is 0.336 e. The fourth-order valence-electron chi connectivity index (χ4n) is 2.87. The van der Waals surface area contributed by atoms with E-state index < -0.39 is 11.8 Å². The lowest BCUT2D eigenvalue weighted by atomic mass is 9.86. The van der Waals surface area contributed by atoms with Crippen LogP contribution in [0, 0.1) is 0 Å². The molecular weight excluding hydrogens is 392 g/mol. The summed E-state index contributed by atoms with van der Waals surface area (Å²) in [7, 11) is 1.39. The van der Waals surface area contributed by atoms with Crippen molar-refractivity contribution in [3.8, 4) is 5.75 Å². The Kier molecular flexibility index (Phi) is 7.81. The minimum absolute atomic E-state index is 0.0218. The third-order valence-corrected chi connectivity index (χ3v) is 4.73. The second kappa shape index (κ2) is 10.1. The summed E-state index contributed by atoms with van der Waals surface area (Å²) in [5, 5.41) is 9.62. The number of hydrogen-bond donors (Lipinski definition) is 1. The highest BCUT2D eigenvalue weighted by atomic mass is 16.5. The summed E-state index contributed by atoms with van der Waals surface area (Å²) in [6.07, 6.45) is 3.50. The van der Waals surface area contributed by atoms with E-state index >= 15 is 0 Å². The third-order valence-electron chi connectivity index (χ3n) is 4.73. The Balaban J connectivity index is 2.35. The summed E-state index contributed by atoms with van der Waals surface area (Å²) in [5.41, 5.74) is 2.99. The Labute approximate surface area is 184 Å². The Morgan fingerprint density at radius 2 is 1.65 bits per heavy atom. The van der Waals surface area contributed by atoms with E-state index in [-0.39, 0.29) is 22.3 Å². The molecule has 0 heterocycles. The van der Waals surface area contributed by atoms with Crippen molar-refractivity contribution < 1.29 is 24.2 Å². The van der Waals surface area contributed by atoms with Crippen LogP contribution < -0.4 is 4.74 Å². The Morgan fingerprint density at radius 3 is 2.16 bits per heavy atom. The molecule has 0 spiro atoms. The van der Waals surface area contributed by atoms with Crippen LogP contribution in [0.4, 0.5) is 0 Å². The largest absolute Gasteiger partial charge is 0.493 e. The average molecular weight is 423 g/mol. The van der Waals surface area contributed by atoms with Gasteiger partial charge in [0.1, 0.15) is 12.4 Å². The van der Waals surface area contributed by atoms with Crippen LogP contribution in [0.5, 0.6) is 5.75 Å². The van der Waals surface area contributed by atoms with E-state index in [4.69, 9.17) is 9.47 Å². The van der Waals surface area contributed by atoms with Crippen molar-refractivity contribution in [1.29, 1.82) is 0 Å². The van der Waals surface area contributed by atoms with E-state index in [0.717, 1.165) is 11.1 Å². The SMILES string of the molecule is COC(=Cc1ccc(C(C)(C)C)cc1)C(=O)c1ccc(OCC=C(C)C)cc1C(=O)O. The summed E-state index contributed by atoms with van der Waals surface area (Å²) in [4.78, 5) is 24.8. The van der Waals surface area contributed by atoms with Gasteiger partial charge in [0.2, 0.25) is 5.78 Å². The molecule has 2 aromatic carbocycles. The molecule has 0 unspecified atom stereocenters. The van der Waals surface area contributed by atoms with Gasteiger partial charge in [-0.05, 0) is 60.7 Å². The molecule has 0 radical (unpaired) electrons. The van der Waals surface area contributed by atoms with Crippen molar-refractivity contribution in [2.75, 3.05) is 13.7 Å². The molecule has 0 fully saturated rings. The second-order valence-electron chi connectivity index (χ2n) is 8.52. The zero-order chi connectivity index (χ0) is 23.2. The molecule has 0 aliphatic heterocycles. The third kappa shape index (κ3) is 6.57. The molecule has 5 heteroatoms. The van der Waals surface area contributed by atoms with Gasteiger partial charge in [-0.25, -0.2) is 4.79 Å². The molecule has 0 atom stereocenters. The molecule has 31 heavy (non-hydrogen) atoms. The molecule has 0 aromatic heterocycles. The van der Waals surface area contributed by atoms with Gasteiger partial charge in [-0.2, -0.15) is 0 Å². The van der Waals surface area contributed by atoms with E-state index in [1.807, 2.05) is 44.2 Å². The van der Waals surface area contributed by atoms with E-state index in [2.05, 4.69) is 20.8 Å². The zero-order valence-electron chi connectivity index (χ0n) is 19.0. The van der Waals surface area contributed by atoms with Crippen molar-refractivity contribution in [3.05, 3.63) is 82.1 Å². The van der Waals surface area contributed by atoms with Gasteiger partial charge >= 0.3 is 5.97 Å². The number of Topliss-reactive ketones (excluding diaryl/α,β-unsaturated/α-hetero) is 1. The van der Waals surface area contributed by atoms with Crippen LogP contribution in [-0.2, 0) is 10.2 Å². The molecular formula is C26H30O5. The molecule has 0 aliphatic carbocycles. The fourth-order valence-corrected chi connectivity index (χ4v) is 2.87. The Hall–Kier alpha value is -3.34. The number of methoxy groups -OCH3 is 1. The standard InChI is InChI=1S/C26H30O5/c1-17(2)13-14-31-20-11-12-21(22(16-20)25(28)29)24(27)23(30-6)15-18-7-9-19(10-8-18)26(3,4)5/h7-13,15-16H,14H2,1-6H3,(H,28,29). The quantitative estimate of drug-likeness (QED) is 0.248. The molecule has 0 saturated heterocycles. The van der Waals surface area contributed by atoms with Gasteiger partial charge in [0.05, 0.1) is 12.7 Å². The van der Waals surface area contributed by atoms with Crippen LogP contribution in [-0.4, -0.2) is 30.6 Å². The number of carbonyl (C=O) groups excluding carboxylic acids is 1. The van der Waals surface area contributed by atoms with E-state index in [1.54, 1.807) is 12.1 Å². The predicted molar refractivity (Wildman–Crippen MR) is 123 cm³/mol. The van der Waals surface area contributed by atoms with Crippen LogP contribution in [0.2, 0.25) is 0 Å². The number of hydrogen-bond acceptors (Lipinski definition) is 4. The smallest absolute Gasteiger partial charge is 0.336 e. The molecule has 0 aliphatic rings. The summed E-state index contributed by atoms with van der Waals surface area (Å²) < 4.78 is 10.9. The number of ether oxygens (including phenoxy) is 2. The monoisotopic (exact) mass is 422 g/mol. The van der Waals surface area contributed by atoms with E-state index in [9.17, 15) is 14.7 Å². The predicted octanol–water partition coefficient (Wildman–Crippen LogP) is 5.90. The summed E-state index contributed by atoms with van der Waals surface area (Å²) in [5.74, 6) is -1.27. The number of carboxylic acid groups (broad SMARTS) is 1. The highest BCUT2D eigenvalue weighted by Gasteiger charge is 2.22. The minimum atomic E-state index is -1.21. The molecule has 1 N–H and O–H groups in total. The van der Waals surface area contributed by atoms with Crippen LogP contribution in [0.15, 0.2) is 59.9 Å². The number of rotatable bonds is 8. The van der Waals surface area contributed by atoms with Crippen molar-refractivity contribution in [1.82, 2.24) is 0 Å². The van der Waals surface area contributed by atoms with Crippen molar-refractivity contribution >= 4 is 17.8 Å². The summed E-state index contributed by atoms with van der Waals surface area (Å²) in [6, 6.07) is 12.2. The molecule has 2 rings (SSSR count). The Morgan fingerprint density at radius 1 is 1.00 bits per heavy atom. The van der Waals surface area contributed by atoms with Gasteiger partial charge in [0.15, 0.2) is 5.76 Å². The molecule has 0 bridgehead atoms. The highest BCUT2D eigenvalue weighted by molar-refractivity contribution is 6.15. The number of aromatic carboxylic acids is 1. The molecule has 0 amide bonds. The number of ketones is 1. The first-order chi connectivity index (χ1) is 14.5. The molecule has 5 nitrogen and oxygen atoms in total. The van der Waals surface area contributed by atoms with Gasteiger partial charge in [-0.15, -0.1) is 0 Å². The lowest BCUT2D eigenvalue weighted by Gasteiger charge is -2.18. The molecule has 164 valence electrons. The topological polar surface area (TPSA) is 72.8 Å². The summed E-state index contributed by atoms with van der Waals surface area (Å²) >= 11 is 0. The zero-order valence-corrected chi connectivity index (χ0v) is 19.0. The van der Waals surface area contributed by atoms with Crippen LogP contribution in [0.3, 0.4) is 0 Å². The maximum absolute atomic E-state index is 13.0. The van der Waals surface area contributed by atoms with Gasteiger partial charge in [0.25, 0.3) is 0 Å². The van der Waals surface area contributed by atoms with Crippen LogP contribution in [0.25, 0.3) is 6.08 Å².